The average molecular weight is 599 g/mol. The molecule has 0 amide bonds. The van der Waals surface area contributed by atoms with Crippen LogP contribution < -0.4 is 5.73 Å². The molecule has 2 aromatic carbocycles. The van der Waals surface area contributed by atoms with Gasteiger partial charge in [0.25, 0.3) is 5.69 Å². The predicted molar refractivity (Wildman–Crippen MR) is 149 cm³/mol. The van der Waals surface area contributed by atoms with E-state index < -0.39 is 33.7 Å². The lowest BCUT2D eigenvalue weighted by Gasteiger charge is -2.12. The first-order valence-corrected chi connectivity index (χ1v) is 13.2. The molecule has 10 nitrogen and oxygen atoms in total. The van der Waals surface area contributed by atoms with Gasteiger partial charge in [0.1, 0.15) is 40.4 Å². The quantitative estimate of drug-likeness (QED) is 0.132. The molecular weight excluding hydrogens is 571 g/mol. The molecular formula is C30H27F3N3O7+. The summed E-state index contributed by atoms with van der Waals surface area (Å²) in [6.07, 6.45) is 12.1. The summed E-state index contributed by atoms with van der Waals surface area (Å²) in [5.41, 5.74) is 6.06. The summed E-state index contributed by atoms with van der Waals surface area (Å²) in [7, 11) is 0. The topological polar surface area (TPSA) is 140 Å². The van der Waals surface area contributed by atoms with Gasteiger partial charge >= 0.3 is 5.70 Å². The Morgan fingerprint density at radius 1 is 0.930 bits per heavy atom. The van der Waals surface area contributed by atoms with Crippen LogP contribution in [0.1, 0.15) is 42.6 Å². The van der Waals surface area contributed by atoms with Crippen LogP contribution in [0.3, 0.4) is 0 Å². The van der Waals surface area contributed by atoms with Crippen molar-refractivity contribution in [3.05, 3.63) is 139 Å². The summed E-state index contributed by atoms with van der Waals surface area (Å²) in [5.74, 6) is -1.50. The molecule has 224 valence electrons. The van der Waals surface area contributed by atoms with Gasteiger partial charge in [-0.2, -0.15) is 4.39 Å². The largest absolute Gasteiger partial charge is 0.493 e. The maximum absolute atomic E-state index is 13.5. The zero-order valence-electron chi connectivity index (χ0n) is 22.7. The molecule has 6 rings (SSSR count). The first kappa shape index (κ1) is 31.1. The third kappa shape index (κ3) is 7.52. The van der Waals surface area contributed by atoms with Gasteiger partial charge in [0, 0.05) is 30.3 Å². The molecule has 3 aliphatic heterocycles. The number of nitro benzene ring substituents is 1. The van der Waals surface area contributed by atoms with Crippen LogP contribution in [0, 0.1) is 37.9 Å². The highest BCUT2D eigenvalue weighted by Gasteiger charge is 2.40. The highest BCUT2D eigenvalue weighted by molar-refractivity contribution is 5.49. The number of halogens is 3. The van der Waals surface area contributed by atoms with E-state index in [-0.39, 0.29) is 34.4 Å². The van der Waals surface area contributed by atoms with E-state index >= 15 is 0 Å². The fourth-order valence-corrected chi connectivity index (χ4v) is 4.74. The monoisotopic (exact) mass is 598 g/mol. The molecule has 0 saturated carbocycles. The highest BCUT2D eigenvalue weighted by atomic mass is 19.1. The molecule has 1 aliphatic carbocycles. The predicted octanol–water partition coefficient (Wildman–Crippen LogP) is 6.67. The third-order valence-corrected chi connectivity index (χ3v) is 6.69. The highest BCUT2D eigenvalue weighted by Crippen LogP contribution is 2.35. The molecule has 3 atom stereocenters. The van der Waals surface area contributed by atoms with Gasteiger partial charge in [0.2, 0.25) is 11.4 Å². The van der Waals surface area contributed by atoms with E-state index in [1.165, 1.54) is 36.6 Å². The lowest BCUT2D eigenvalue weighted by molar-refractivity contribution is -0.422. The number of nitro groups is 2. The van der Waals surface area contributed by atoms with Gasteiger partial charge in [-0.25, -0.2) is 8.78 Å². The zero-order valence-corrected chi connectivity index (χ0v) is 22.7. The van der Waals surface area contributed by atoms with Crippen molar-refractivity contribution in [2.45, 2.75) is 37.6 Å². The second kappa shape index (κ2) is 14.4. The van der Waals surface area contributed by atoms with E-state index in [9.17, 15) is 33.4 Å². The zero-order chi connectivity index (χ0) is 30.9. The maximum atomic E-state index is 13.5. The van der Waals surface area contributed by atoms with E-state index in [4.69, 9.17) is 19.9 Å². The maximum Gasteiger partial charge on any atom is 0.436 e. The molecule has 2 aromatic rings. The van der Waals surface area contributed by atoms with Crippen LogP contribution in [0.5, 0.6) is 0 Å². The SMILES string of the molecule is Nc1cccc(F)c1C1CCCO1.O=[N+]([O-])C1=[C+]C=CC(F)=C1C1C=CCO1.O=[N+]([O-])c1cccc(F)c1C1CC=CO1. The van der Waals surface area contributed by atoms with E-state index in [2.05, 4.69) is 6.08 Å². The van der Waals surface area contributed by atoms with Crippen LogP contribution in [-0.2, 0) is 14.2 Å². The Morgan fingerprint density at radius 2 is 1.67 bits per heavy atom. The minimum atomic E-state index is -0.678. The van der Waals surface area contributed by atoms with E-state index in [0.29, 0.717) is 30.9 Å². The van der Waals surface area contributed by atoms with Crippen molar-refractivity contribution >= 4 is 11.4 Å². The lowest BCUT2D eigenvalue weighted by Crippen LogP contribution is -2.17. The van der Waals surface area contributed by atoms with Gasteiger partial charge in [-0.15, -0.1) is 0 Å². The third-order valence-electron chi connectivity index (χ3n) is 6.69. The fraction of sp³-hybridized carbons (Fsp3) is 0.267. The van der Waals surface area contributed by atoms with Crippen molar-refractivity contribution in [2.24, 2.45) is 0 Å². The Labute approximate surface area is 244 Å². The van der Waals surface area contributed by atoms with Crippen molar-refractivity contribution < 1.29 is 37.2 Å². The van der Waals surface area contributed by atoms with Gasteiger partial charge in [0.05, 0.1) is 30.0 Å². The van der Waals surface area contributed by atoms with Gasteiger partial charge in [-0.3, -0.25) is 20.2 Å². The molecule has 43 heavy (non-hydrogen) atoms. The molecule has 0 aromatic heterocycles. The Balaban J connectivity index is 0.000000148. The molecule has 13 heteroatoms. The summed E-state index contributed by atoms with van der Waals surface area (Å²) >= 11 is 0. The normalized spacial score (nSPS) is 21.7. The number of hydrogen-bond acceptors (Lipinski definition) is 8. The van der Waals surface area contributed by atoms with Gasteiger partial charge in [-0.1, -0.05) is 18.2 Å². The van der Waals surface area contributed by atoms with Crippen molar-refractivity contribution in [3.8, 4) is 0 Å². The first-order valence-electron chi connectivity index (χ1n) is 13.2. The molecule has 0 radical (unpaired) electrons. The number of benzene rings is 2. The summed E-state index contributed by atoms with van der Waals surface area (Å²) in [5, 5.41) is 21.4. The summed E-state index contributed by atoms with van der Waals surface area (Å²) < 4.78 is 55.8. The Bertz CT molecular complexity index is 1490. The second-order valence-corrected chi connectivity index (χ2v) is 9.43. The molecule has 4 aliphatic rings. The van der Waals surface area contributed by atoms with Crippen LogP contribution in [-0.4, -0.2) is 29.2 Å². The number of hydrogen-bond donors (Lipinski definition) is 1. The minimum absolute atomic E-state index is 0.0208. The average Bonchev–Trinajstić information content (AvgIpc) is 3.78. The number of allylic oxidation sites excluding steroid dienone is 4. The van der Waals surface area contributed by atoms with Crippen molar-refractivity contribution in [2.75, 3.05) is 18.9 Å². The Kier molecular flexibility index (Phi) is 10.4. The number of anilines is 1. The van der Waals surface area contributed by atoms with Crippen molar-refractivity contribution in [1.82, 2.24) is 0 Å². The van der Waals surface area contributed by atoms with E-state index in [1.807, 2.05) is 0 Å². The summed E-state index contributed by atoms with van der Waals surface area (Å²) in [6, 6.07) is 8.54. The Morgan fingerprint density at radius 3 is 2.26 bits per heavy atom. The molecule has 1 saturated heterocycles. The second-order valence-electron chi connectivity index (χ2n) is 9.43. The van der Waals surface area contributed by atoms with Crippen LogP contribution in [0.15, 0.2) is 90.1 Å². The van der Waals surface area contributed by atoms with Gasteiger partial charge in [-0.05, 0) is 43.2 Å². The van der Waals surface area contributed by atoms with Crippen molar-refractivity contribution in [3.63, 3.8) is 0 Å². The van der Waals surface area contributed by atoms with Crippen LogP contribution in [0.25, 0.3) is 0 Å². The Hall–Kier alpha value is -4.84. The summed E-state index contributed by atoms with van der Waals surface area (Å²) in [4.78, 5) is 20.1. The first-order chi connectivity index (χ1) is 20.7. The number of nitrogen functional groups attached to an aromatic ring is 1. The lowest BCUT2D eigenvalue weighted by atomic mass is 10.0. The van der Waals surface area contributed by atoms with Crippen LogP contribution in [0.4, 0.5) is 24.5 Å². The fourth-order valence-electron chi connectivity index (χ4n) is 4.74. The molecule has 0 bridgehead atoms. The standard InChI is InChI=1S/C10H8FNO3.C10H7FNO3.C10H12FNO/c2*11-7-3-1-4-8(12(13)14)10(7)9-5-2-6-15-9;11-7-3-1-4-8(12)10(7)9-5-2-6-13-9/h1-4,6,9H,5H2;1-3,5,9H,6H2;1,3-4,9H,2,5-6,12H2/q;+1;. The number of rotatable bonds is 5. The van der Waals surface area contributed by atoms with Crippen LogP contribution in [0.2, 0.25) is 0 Å². The van der Waals surface area contributed by atoms with E-state index in [1.54, 1.807) is 30.4 Å². The smallest absolute Gasteiger partial charge is 0.436 e. The number of ether oxygens (including phenoxy) is 3. The number of nitrogens with two attached hydrogens (primary N) is 1. The molecule has 0 spiro atoms. The molecule has 3 heterocycles. The van der Waals surface area contributed by atoms with Crippen molar-refractivity contribution in [1.29, 1.82) is 0 Å². The molecule has 1 fully saturated rings. The summed E-state index contributed by atoms with van der Waals surface area (Å²) in [6.45, 7) is 1.05. The molecule has 3 unspecified atom stereocenters. The van der Waals surface area contributed by atoms with Crippen LogP contribution >= 0.6 is 0 Å². The number of nitrogens with zero attached hydrogens (tertiary/aromatic N) is 2. The van der Waals surface area contributed by atoms with Gasteiger partial charge in [0.15, 0.2) is 6.10 Å². The minimum Gasteiger partial charge on any atom is -0.493 e. The van der Waals surface area contributed by atoms with Gasteiger partial charge < -0.3 is 19.9 Å². The van der Waals surface area contributed by atoms with E-state index in [0.717, 1.165) is 18.9 Å². The molecule has 2 N–H and O–H groups in total.